The highest BCUT2D eigenvalue weighted by atomic mass is 16.5. The molecular formula is C27H23NO3. The number of hydrogen-bond donors (Lipinski definition) is 2. The van der Waals surface area contributed by atoms with Crippen LogP contribution >= 0.6 is 0 Å². The molecule has 4 heteroatoms. The predicted octanol–water partition coefficient (Wildman–Crippen LogP) is 5.74. The Balaban J connectivity index is 1.76. The molecule has 0 saturated carbocycles. The number of benzene rings is 4. The molecule has 4 rings (SSSR count). The standard InChI is InChI=1S/C27H23NO3/c1-31-22-12-7-11-21(18-22)27(30)28-24(16-14-19-8-3-2-4-9-19)26-23-13-6-5-10-20(23)15-17-25(26)29/h2-18,24,29H,1H3,(H,28,30)/b16-14+/t24-/m0/s1. The van der Waals surface area contributed by atoms with Gasteiger partial charge < -0.3 is 15.2 Å². The molecule has 0 aliphatic carbocycles. The Morgan fingerprint density at radius 3 is 2.52 bits per heavy atom. The van der Waals surface area contributed by atoms with Crippen molar-refractivity contribution in [3.8, 4) is 11.5 Å². The van der Waals surface area contributed by atoms with E-state index in [9.17, 15) is 9.90 Å². The number of methoxy groups -OCH3 is 1. The Morgan fingerprint density at radius 1 is 0.935 bits per heavy atom. The average molecular weight is 409 g/mol. The summed E-state index contributed by atoms with van der Waals surface area (Å²) < 4.78 is 5.24. The van der Waals surface area contributed by atoms with Crippen LogP contribution in [-0.4, -0.2) is 18.1 Å². The minimum atomic E-state index is -0.537. The second-order valence-corrected chi connectivity index (χ2v) is 7.17. The monoisotopic (exact) mass is 409 g/mol. The molecule has 4 aromatic rings. The van der Waals surface area contributed by atoms with Gasteiger partial charge in [-0.15, -0.1) is 0 Å². The first kappa shape index (κ1) is 20.2. The lowest BCUT2D eigenvalue weighted by atomic mass is 9.96. The molecule has 0 unspecified atom stereocenters. The highest BCUT2D eigenvalue weighted by Gasteiger charge is 2.19. The molecule has 1 atom stereocenters. The molecule has 0 bridgehead atoms. The van der Waals surface area contributed by atoms with Crippen LogP contribution in [0.1, 0.15) is 27.5 Å². The Morgan fingerprint density at radius 2 is 1.71 bits per heavy atom. The summed E-state index contributed by atoms with van der Waals surface area (Å²) in [6, 6.07) is 27.6. The van der Waals surface area contributed by atoms with Crippen molar-refractivity contribution in [3.63, 3.8) is 0 Å². The Kier molecular flexibility index (Phi) is 5.99. The molecule has 4 nitrogen and oxygen atoms in total. The van der Waals surface area contributed by atoms with E-state index in [1.54, 1.807) is 37.4 Å². The lowest BCUT2D eigenvalue weighted by Gasteiger charge is -2.19. The van der Waals surface area contributed by atoms with Gasteiger partial charge in [0.05, 0.1) is 13.2 Å². The van der Waals surface area contributed by atoms with E-state index in [2.05, 4.69) is 5.32 Å². The number of nitrogens with one attached hydrogen (secondary N) is 1. The first-order valence-corrected chi connectivity index (χ1v) is 10.0. The van der Waals surface area contributed by atoms with Crippen LogP contribution in [-0.2, 0) is 0 Å². The quantitative estimate of drug-likeness (QED) is 0.427. The van der Waals surface area contributed by atoms with Gasteiger partial charge in [-0.1, -0.05) is 78.9 Å². The van der Waals surface area contributed by atoms with Crippen molar-refractivity contribution in [2.24, 2.45) is 0 Å². The van der Waals surface area contributed by atoms with Gasteiger partial charge in [0.15, 0.2) is 0 Å². The molecule has 1 amide bonds. The number of phenols is 1. The van der Waals surface area contributed by atoms with Crippen molar-refractivity contribution in [2.75, 3.05) is 7.11 Å². The summed E-state index contributed by atoms with van der Waals surface area (Å²) in [6.45, 7) is 0. The summed E-state index contributed by atoms with van der Waals surface area (Å²) in [7, 11) is 1.57. The second kappa shape index (κ2) is 9.18. The van der Waals surface area contributed by atoms with Gasteiger partial charge in [0.25, 0.3) is 5.91 Å². The number of carbonyl (C=O) groups is 1. The van der Waals surface area contributed by atoms with Gasteiger partial charge in [-0.05, 0) is 40.6 Å². The van der Waals surface area contributed by atoms with Crippen LogP contribution in [0.3, 0.4) is 0 Å². The summed E-state index contributed by atoms with van der Waals surface area (Å²) in [5.74, 6) is 0.485. The van der Waals surface area contributed by atoms with Crippen molar-refractivity contribution in [2.45, 2.75) is 6.04 Å². The van der Waals surface area contributed by atoms with Crippen LogP contribution in [0.15, 0.2) is 97.1 Å². The number of rotatable bonds is 6. The SMILES string of the molecule is COc1cccc(C(=O)N[C@@H](/C=C/c2ccccc2)c2c(O)ccc3ccccc23)c1. The predicted molar refractivity (Wildman–Crippen MR) is 124 cm³/mol. The molecular weight excluding hydrogens is 386 g/mol. The maximum absolute atomic E-state index is 13.1. The molecule has 0 heterocycles. The maximum Gasteiger partial charge on any atom is 0.252 e. The molecule has 154 valence electrons. The number of ether oxygens (including phenoxy) is 1. The topological polar surface area (TPSA) is 58.6 Å². The van der Waals surface area contributed by atoms with Crippen LogP contribution in [0.5, 0.6) is 11.5 Å². The van der Waals surface area contributed by atoms with Crippen LogP contribution < -0.4 is 10.1 Å². The summed E-state index contributed by atoms with van der Waals surface area (Å²) in [4.78, 5) is 13.1. The number of amides is 1. The molecule has 0 aromatic heterocycles. The van der Waals surface area contributed by atoms with E-state index < -0.39 is 6.04 Å². The minimum Gasteiger partial charge on any atom is -0.508 e. The molecule has 0 spiro atoms. The number of fused-ring (bicyclic) bond motifs is 1. The smallest absolute Gasteiger partial charge is 0.252 e. The highest BCUT2D eigenvalue weighted by molar-refractivity contribution is 5.96. The second-order valence-electron chi connectivity index (χ2n) is 7.17. The molecule has 0 aliphatic rings. The van der Waals surface area contributed by atoms with Gasteiger partial charge in [0, 0.05) is 11.1 Å². The van der Waals surface area contributed by atoms with E-state index in [-0.39, 0.29) is 11.7 Å². The fraction of sp³-hybridized carbons (Fsp3) is 0.0741. The summed E-state index contributed by atoms with van der Waals surface area (Å²) in [6.07, 6.45) is 3.84. The van der Waals surface area contributed by atoms with E-state index in [1.165, 1.54) is 0 Å². The van der Waals surface area contributed by atoms with Gasteiger partial charge in [0.2, 0.25) is 0 Å². The fourth-order valence-corrected chi connectivity index (χ4v) is 3.59. The van der Waals surface area contributed by atoms with E-state index >= 15 is 0 Å². The number of phenolic OH excluding ortho intramolecular Hbond substituents is 1. The van der Waals surface area contributed by atoms with Gasteiger partial charge >= 0.3 is 0 Å². The third kappa shape index (κ3) is 4.59. The molecule has 2 N–H and O–H groups in total. The summed E-state index contributed by atoms with van der Waals surface area (Å²) >= 11 is 0. The van der Waals surface area contributed by atoms with Crippen molar-refractivity contribution in [3.05, 3.63) is 114 Å². The van der Waals surface area contributed by atoms with Gasteiger partial charge in [-0.25, -0.2) is 0 Å². The Hall–Kier alpha value is -4.05. The highest BCUT2D eigenvalue weighted by Crippen LogP contribution is 2.33. The van der Waals surface area contributed by atoms with Crippen molar-refractivity contribution >= 4 is 22.8 Å². The van der Waals surface area contributed by atoms with Crippen molar-refractivity contribution in [1.29, 1.82) is 0 Å². The van der Waals surface area contributed by atoms with E-state index in [0.717, 1.165) is 16.3 Å². The average Bonchev–Trinajstić information content (AvgIpc) is 2.82. The van der Waals surface area contributed by atoms with Crippen LogP contribution in [0.4, 0.5) is 0 Å². The number of aromatic hydroxyl groups is 1. The van der Waals surface area contributed by atoms with E-state index in [1.807, 2.05) is 72.8 Å². The zero-order valence-corrected chi connectivity index (χ0v) is 17.2. The third-order valence-corrected chi connectivity index (χ3v) is 5.16. The first-order valence-electron chi connectivity index (χ1n) is 10.0. The molecule has 4 aromatic carbocycles. The van der Waals surface area contributed by atoms with Gasteiger partial charge in [-0.2, -0.15) is 0 Å². The van der Waals surface area contributed by atoms with Gasteiger partial charge in [0.1, 0.15) is 11.5 Å². The number of hydrogen-bond acceptors (Lipinski definition) is 3. The molecule has 0 aliphatic heterocycles. The zero-order valence-electron chi connectivity index (χ0n) is 17.2. The number of carbonyl (C=O) groups excluding carboxylic acids is 1. The van der Waals surface area contributed by atoms with E-state index in [4.69, 9.17) is 4.74 Å². The Labute approximate surface area is 181 Å². The zero-order chi connectivity index (χ0) is 21.6. The van der Waals surface area contributed by atoms with Gasteiger partial charge in [-0.3, -0.25) is 4.79 Å². The van der Waals surface area contributed by atoms with Crippen LogP contribution in [0, 0.1) is 0 Å². The third-order valence-electron chi connectivity index (χ3n) is 5.16. The molecule has 0 saturated heterocycles. The van der Waals surface area contributed by atoms with Crippen molar-refractivity contribution in [1.82, 2.24) is 5.32 Å². The lowest BCUT2D eigenvalue weighted by molar-refractivity contribution is 0.0944. The molecule has 31 heavy (non-hydrogen) atoms. The molecule has 0 fully saturated rings. The van der Waals surface area contributed by atoms with Crippen molar-refractivity contribution < 1.29 is 14.6 Å². The first-order chi connectivity index (χ1) is 15.2. The Bertz CT molecular complexity index is 1230. The molecule has 0 radical (unpaired) electrons. The van der Waals surface area contributed by atoms with Crippen LogP contribution in [0.25, 0.3) is 16.8 Å². The lowest BCUT2D eigenvalue weighted by Crippen LogP contribution is -2.27. The largest absolute Gasteiger partial charge is 0.508 e. The summed E-state index contributed by atoms with van der Waals surface area (Å²) in [5, 5.41) is 15.7. The van der Waals surface area contributed by atoms with Crippen LogP contribution in [0.2, 0.25) is 0 Å². The maximum atomic E-state index is 13.1. The minimum absolute atomic E-state index is 0.132. The fourth-order valence-electron chi connectivity index (χ4n) is 3.59. The normalized spacial score (nSPS) is 12.0. The van der Waals surface area contributed by atoms with E-state index in [0.29, 0.717) is 16.9 Å². The summed E-state index contributed by atoms with van der Waals surface area (Å²) in [5.41, 5.74) is 2.14.